The van der Waals surface area contributed by atoms with Crippen LogP contribution in [0.4, 0.5) is 23.1 Å². The van der Waals surface area contributed by atoms with Crippen LogP contribution in [0.3, 0.4) is 0 Å². The maximum absolute atomic E-state index is 12.6. The van der Waals surface area contributed by atoms with Crippen LogP contribution in [-0.2, 0) is 23.1 Å². The van der Waals surface area contributed by atoms with Gasteiger partial charge in [-0.3, -0.25) is 9.10 Å². The fraction of sp³-hybridized carbons (Fsp3) is 0.148. The van der Waals surface area contributed by atoms with Crippen molar-refractivity contribution in [3.8, 4) is 0 Å². The third-order valence-electron chi connectivity index (χ3n) is 6.07. The first kappa shape index (κ1) is 25.8. The van der Waals surface area contributed by atoms with Gasteiger partial charge in [0.05, 0.1) is 30.1 Å². The quantitative estimate of drug-likeness (QED) is 0.204. The molecule has 3 heterocycles. The summed E-state index contributed by atoms with van der Waals surface area (Å²) in [6.45, 7) is 0.617. The molecular formula is C27H27N7O4S. The Kier molecular flexibility index (Phi) is 7.19. The van der Waals surface area contributed by atoms with E-state index in [1.807, 2.05) is 24.3 Å². The zero-order chi connectivity index (χ0) is 27.4. The van der Waals surface area contributed by atoms with E-state index in [9.17, 15) is 13.2 Å². The van der Waals surface area contributed by atoms with E-state index in [0.717, 1.165) is 10.9 Å². The first-order chi connectivity index (χ1) is 18.8. The summed E-state index contributed by atoms with van der Waals surface area (Å²) < 4.78 is 30.7. The second kappa shape index (κ2) is 10.9. The number of aromatic nitrogens is 3. The molecule has 0 aliphatic carbocycles. The zero-order valence-corrected chi connectivity index (χ0v) is 22.1. The molecule has 2 aromatic carbocycles. The van der Waals surface area contributed by atoms with Gasteiger partial charge in [0.15, 0.2) is 0 Å². The Morgan fingerprint density at radius 3 is 2.67 bits per heavy atom. The van der Waals surface area contributed by atoms with E-state index in [2.05, 4.69) is 30.9 Å². The lowest BCUT2D eigenvalue weighted by atomic mass is 10.1. The van der Waals surface area contributed by atoms with Crippen LogP contribution < -0.4 is 20.3 Å². The highest BCUT2D eigenvalue weighted by Gasteiger charge is 2.16. The molecule has 39 heavy (non-hydrogen) atoms. The van der Waals surface area contributed by atoms with E-state index in [4.69, 9.17) is 4.42 Å². The topological polar surface area (TPSA) is 145 Å². The molecule has 1 amide bonds. The van der Waals surface area contributed by atoms with Crippen LogP contribution in [0.2, 0.25) is 0 Å². The van der Waals surface area contributed by atoms with Gasteiger partial charge in [0.2, 0.25) is 16.0 Å². The Hall–Kier alpha value is -4.84. The van der Waals surface area contributed by atoms with Crippen molar-refractivity contribution >= 4 is 50.1 Å². The maximum Gasteiger partial charge on any atom is 0.251 e. The molecule has 0 saturated carbocycles. The van der Waals surface area contributed by atoms with Crippen LogP contribution in [0.1, 0.15) is 21.7 Å². The van der Waals surface area contributed by atoms with Gasteiger partial charge in [-0.05, 0) is 48.0 Å². The molecule has 0 fully saturated rings. The molecule has 0 spiro atoms. The largest absolute Gasteiger partial charge is 0.467 e. The molecule has 0 saturated heterocycles. The number of hydrogen-bond acceptors (Lipinski definition) is 8. The van der Waals surface area contributed by atoms with Crippen LogP contribution in [0.5, 0.6) is 0 Å². The van der Waals surface area contributed by atoms with Crippen LogP contribution >= 0.6 is 0 Å². The van der Waals surface area contributed by atoms with Crippen LogP contribution in [0, 0.1) is 0 Å². The number of nitrogens with zero attached hydrogens (tertiary/aromatic N) is 3. The minimum atomic E-state index is -3.42. The number of sulfonamides is 1. The molecule has 0 aliphatic rings. The van der Waals surface area contributed by atoms with Crippen molar-refractivity contribution in [2.75, 3.05) is 28.2 Å². The van der Waals surface area contributed by atoms with Crippen molar-refractivity contribution < 1.29 is 17.6 Å². The number of fused-ring (bicyclic) bond motifs is 1. The lowest BCUT2D eigenvalue weighted by Crippen LogP contribution is -2.26. The number of nitrogens with one attached hydrogen (secondary N) is 4. The summed E-state index contributed by atoms with van der Waals surface area (Å²) in [4.78, 5) is 24.9. The second-order valence-electron chi connectivity index (χ2n) is 8.82. The molecule has 0 bridgehead atoms. The summed E-state index contributed by atoms with van der Waals surface area (Å²) in [6.07, 6.45) is 4.49. The van der Waals surface area contributed by atoms with Crippen LogP contribution in [0.15, 0.2) is 83.6 Å². The molecule has 11 nitrogen and oxygen atoms in total. The average Bonchev–Trinajstić information content (AvgIpc) is 3.62. The third-order valence-corrected chi connectivity index (χ3v) is 7.27. The number of furan rings is 1. The summed E-state index contributed by atoms with van der Waals surface area (Å²) >= 11 is 0. The van der Waals surface area contributed by atoms with E-state index in [-0.39, 0.29) is 12.5 Å². The number of aromatic amines is 1. The van der Waals surface area contributed by atoms with Crippen molar-refractivity contribution in [3.63, 3.8) is 0 Å². The fourth-order valence-corrected chi connectivity index (χ4v) is 4.54. The molecule has 3 aromatic heterocycles. The molecule has 0 aliphatic heterocycles. The monoisotopic (exact) mass is 545 g/mol. The number of amides is 1. The maximum atomic E-state index is 12.6. The van der Waals surface area contributed by atoms with Gasteiger partial charge in [0, 0.05) is 31.0 Å². The van der Waals surface area contributed by atoms with Gasteiger partial charge in [-0.2, -0.15) is 9.97 Å². The second-order valence-corrected chi connectivity index (χ2v) is 10.8. The predicted octanol–water partition coefficient (Wildman–Crippen LogP) is 4.23. The molecule has 200 valence electrons. The summed E-state index contributed by atoms with van der Waals surface area (Å²) in [7, 11) is -1.90. The van der Waals surface area contributed by atoms with Gasteiger partial charge < -0.3 is 25.4 Å². The molecule has 12 heteroatoms. The van der Waals surface area contributed by atoms with Gasteiger partial charge >= 0.3 is 0 Å². The standard InChI is InChI=1S/C27H27N7O4S/c1-34(39(2,36)37)23-11-4-3-7-19(23)16-29-25-22-12-13-28-24(22)32-27(33-25)31-20-9-5-8-18(15-20)26(35)30-17-21-10-6-14-38-21/h3-15H,16-17H2,1-2H3,(H,30,35)(H3,28,29,31,32,33). The Morgan fingerprint density at radius 2 is 1.87 bits per heavy atom. The third kappa shape index (κ3) is 6.02. The first-order valence-corrected chi connectivity index (χ1v) is 13.9. The number of para-hydroxylation sites is 1. The number of hydrogen-bond donors (Lipinski definition) is 4. The van der Waals surface area contributed by atoms with Gasteiger partial charge in [0.1, 0.15) is 17.2 Å². The fourth-order valence-electron chi connectivity index (χ4n) is 4.01. The smallest absolute Gasteiger partial charge is 0.251 e. The minimum Gasteiger partial charge on any atom is -0.467 e. The van der Waals surface area contributed by atoms with Gasteiger partial charge in [-0.15, -0.1) is 0 Å². The number of rotatable bonds is 10. The zero-order valence-electron chi connectivity index (χ0n) is 21.3. The summed E-state index contributed by atoms with van der Waals surface area (Å²) in [5.41, 5.74) is 3.09. The van der Waals surface area contributed by atoms with Crippen LogP contribution in [-0.4, -0.2) is 42.6 Å². The Labute approximate surface area is 225 Å². The van der Waals surface area contributed by atoms with E-state index < -0.39 is 10.0 Å². The average molecular weight is 546 g/mol. The summed E-state index contributed by atoms with van der Waals surface area (Å²) in [5, 5.41) is 10.1. The first-order valence-electron chi connectivity index (χ1n) is 12.1. The molecule has 0 unspecified atom stereocenters. The number of anilines is 4. The van der Waals surface area contributed by atoms with Gasteiger partial charge in [0.25, 0.3) is 5.91 Å². The number of H-pyrrole nitrogens is 1. The van der Waals surface area contributed by atoms with Crippen molar-refractivity contribution in [3.05, 3.63) is 96.1 Å². The molecular weight excluding hydrogens is 518 g/mol. The number of benzene rings is 2. The molecule has 0 atom stereocenters. The lowest BCUT2D eigenvalue weighted by molar-refractivity contribution is 0.0948. The number of carbonyl (C=O) groups excluding carboxylic acids is 1. The predicted molar refractivity (Wildman–Crippen MR) is 151 cm³/mol. The lowest BCUT2D eigenvalue weighted by Gasteiger charge is -2.20. The summed E-state index contributed by atoms with van der Waals surface area (Å²) in [5.74, 6) is 1.31. The Balaban J connectivity index is 1.34. The van der Waals surface area contributed by atoms with E-state index in [1.54, 1.807) is 54.9 Å². The van der Waals surface area contributed by atoms with E-state index >= 15 is 0 Å². The van der Waals surface area contributed by atoms with E-state index in [0.29, 0.717) is 46.7 Å². The van der Waals surface area contributed by atoms with Crippen molar-refractivity contribution in [2.24, 2.45) is 0 Å². The highest BCUT2D eigenvalue weighted by atomic mass is 32.2. The van der Waals surface area contributed by atoms with Crippen molar-refractivity contribution in [2.45, 2.75) is 13.1 Å². The van der Waals surface area contributed by atoms with Crippen molar-refractivity contribution in [1.82, 2.24) is 20.3 Å². The summed E-state index contributed by atoms with van der Waals surface area (Å²) in [6, 6.07) is 19.7. The van der Waals surface area contributed by atoms with E-state index in [1.165, 1.54) is 17.6 Å². The Morgan fingerprint density at radius 1 is 1.03 bits per heavy atom. The molecule has 4 N–H and O–H groups in total. The molecule has 5 rings (SSSR count). The number of carbonyl (C=O) groups is 1. The molecule has 0 radical (unpaired) electrons. The highest BCUT2D eigenvalue weighted by molar-refractivity contribution is 7.92. The normalized spacial score (nSPS) is 11.3. The van der Waals surface area contributed by atoms with Crippen molar-refractivity contribution in [1.29, 1.82) is 0 Å². The minimum absolute atomic E-state index is 0.240. The SMILES string of the molecule is CN(c1ccccc1CNc1nc(Nc2cccc(C(=O)NCc3ccco3)c2)nc2[nH]ccc12)S(C)(=O)=O. The highest BCUT2D eigenvalue weighted by Crippen LogP contribution is 2.26. The van der Waals surface area contributed by atoms with Crippen LogP contribution in [0.25, 0.3) is 11.0 Å². The van der Waals surface area contributed by atoms with Gasteiger partial charge in [-0.25, -0.2) is 8.42 Å². The molecule has 5 aromatic rings. The van der Waals surface area contributed by atoms with Gasteiger partial charge in [-0.1, -0.05) is 24.3 Å². The Bertz CT molecular complexity index is 1720.